The summed E-state index contributed by atoms with van der Waals surface area (Å²) in [6.07, 6.45) is 0. The van der Waals surface area contributed by atoms with Crippen LogP contribution in [-0.2, 0) is 5.88 Å². The van der Waals surface area contributed by atoms with Gasteiger partial charge in [0, 0.05) is 25.2 Å². The highest BCUT2D eigenvalue weighted by Crippen LogP contribution is 2.24. The van der Waals surface area contributed by atoms with Gasteiger partial charge in [-0.1, -0.05) is 11.6 Å². The van der Waals surface area contributed by atoms with E-state index >= 15 is 0 Å². The van der Waals surface area contributed by atoms with Gasteiger partial charge in [0.2, 0.25) is 0 Å². The van der Waals surface area contributed by atoms with Gasteiger partial charge in [-0.15, -0.1) is 11.6 Å². The Morgan fingerprint density at radius 1 is 1.28 bits per heavy atom. The van der Waals surface area contributed by atoms with Gasteiger partial charge in [-0.25, -0.2) is 4.98 Å². The topological polar surface area (TPSA) is 19.4 Å². The molecular formula is C13H19Cl2N3. The fourth-order valence-electron chi connectivity index (χ4n) is 2.33. The van der Waals surface area contributed by atoms with Crippen molar-refractivity contribution >= 4 is 29.0 Å². The number of halogens is 2. The molecule has 1 saturated heterocycles. The lowest BCUT2D eigenvalue weighted by atomic mass is 10.1. The number of likely N-dealkylation sites (N-methyl/N-ethyl adjacent to an activating group) is 1. The summed E-state index contributed by atoms with van der Waals surface area (Å²) in [4.78, 5) is 9.26. The van der Waals surface area contributed by atoms with Crippen molar-refractivity contribution in [2.45, 2.75) is 31.8 Å². The summed E-state index contributed by atoms with van der Waals surface area (Å²) in [6.45, 7) is 6.44. The maximum absolute atomic E-state index is 6.04. The van der Waals surface area contributed by atoms with Crippen LogP contribution in [0.5, 0.6) is 0 Å². The van der Waals surface area contributed by atoms with Crippen LogP contribution in [-0.4, -0.2) is 42.1 Å². The molecule has 0 bridgehead atoms. The van der Waals surface area contributed by atoms with E-state index < -0.39 is 0 Å². The number of piperazine rings is 1. The van der Waals surface area contributed by atoms with E-state index in [0.29, 0.717) is 23.0 Å². The van der Waals surface area contributed by atoms with Gasteiger partial charge in [0.25, 0.3) is 0 Å². The maximum atomic E-state index is 6.04. The molecule has 0 aromatic carbocycles. The van der Waals surface area contributed by atoms with Gasteiger partial charge in [0.15, 0.2) is 0 Å². The standard InChI is InChI=1S/C13H19Cl2N3/c1-9-7-18(8-10(2)17(9)3)13-5-4-11(15)12(6-14)16-13/h4-5,9-10H,6-8H2,1-3H3. The second kappa shape index (κ2) is 5.64. The molecule has 2 atom stereocenters. The molecule has 100 valence electrons. The van der Waals surface area contributed by atoms with Gasteiger partial charge in [-0.3, -0.25) is 4.90 Å². The SMILES string of the molecule is CC1CN(c2ccc(Cl)c(CCl)n2)CC(C)N1C. The smallest absolute Gasteiger partial charge is 0.129 e. The lowest BCUT2D eigenvalue weighted by Crippen LogP contribution is -2.55. The largest absolute Gasteiger partial charge is 0.353 e. The molecule has 1 aromatic rings. The Morgan fingerprint density at radius 3 is 2.44 bits per heavy atom. The van der Waals surface area contributed by atoms with Crippen LogP contribution >= 0.6 is 23.2 Å². The van der Waals surface area contributed by atoms with E-state index in [1.165, 1.54) is 0 Å². The number of hydrogen-bond donors (Lipinski definition) is 0. The first-order valence-corrected chi connectivity index (χ1v) is 7.12. The summed E-state index contributed by atoms with van der Waals surface area (Å²) >= 11 is 11.9. The van der Waals surface area contributed by atoms with Gasteiger partial charge >= 0.3 is 0 Å². The third kappa shape index (κ3) is 2.73. The van der Waals surface area contributed by atoms with Crippen molar-refractivity contribution in [3.8, 4) is 0 Å². The van der Waals surface area contributed by atoms with E-state index in [-0.39, 0.29) is 0 Å². The molecule has 1 fully saturated rings. The van der Waals surface area contributed by atoms with E-state index in [1.807, 2.05) is 12.1 Å². The first-order chi connectivity index (χ1) is 8.52. The predicted octanol–water partition coefficient (Wildman–Crippen LogP) is 3.00. The van der Waals surface area contributed by atoms with Crippen LogP contribution < -0.4 is 4.90 Å². The summed E-state index contributed by atoms with van der Waals surface area (Å²) in [5.74, 6) is 1.33. The molecular weight excluding hydrogens is 269 g/mol. The Bertz CT molecular complexity index is 413. The van der Waals surface area contributed by atoms with Crippen LogP contribution in [0.3, 0.4) is 0 Å². The van der Waals surface area contributed by atoms with Crippen molar-refractivity contribution in [2.24, 2.45) is 0 Å². The summed E-state index contributed by atoms with van der Waals surface area (Å²) in [5.41, 5.74) is 0.759. The molecule has 1 aliphatic heterocycles. The monoisotopic (exact) mass is 287 g/mol. The van der Waals surface area contributed by atoms with Crippen molar-refractivity contribution < 1.29 is 0 Å². The fraction of sp³-hybridized carbons (Fsp3) is 0.615. The average molecular weight is 288 g/mol. The van der Waals surface area contributed by atoms with Crippen molar-refractivity contribution in [3.63, 3.8) is 0 Å². The molecule has 1 aliphatic rings. The molecule has 18 heavy (non-hydrogen) atoms. The van der Waals surface area contributed by atoms with E-state index in [4.69, 9.17) is 23.2 Å². The summed E-state index contributed by atoms with van der Waals surface area (Å²) in [5, 5.41) is 0.643. The van der Waals surface area contributed by atoms with Gasteiger partial charge in [0.1, 0.15) is 5.82 Å². The molecule has 0 amide bonds. The minimum absolute atomic E-state index is 0.353. The van der Waals surface area contributed by atoms with Crippen molar-refractivity contribution in [2.75, 3.05) is 25.0 Å². The molecule has 0 N–H and O–H groups in total. The van der Waals surface area contributed by atoms with Gasteiger partial charge in [-0.2, -0.15) is 0 Å². The first-order valence-electron chi connectivity index (χ1n) is 6.21. The minimum Gasteiger partial charge on any atom is -0.353 e. The van der Waals surface area contributed by atoms with Crippen LogP contribution in [0.25, 0.3) is 0 Å². The number of alkyl halides is 1. The molecule has 2 unspecified atom stereocenters. The normalized spacial score (nSPS) is 25.5. The number of pyridine rings is 1. The molecule has 5 heteroatoms. The molecule has 0 radical (unpaired) electrons. The fourth-order valence-corrected chi connectivity index (χ4v) is 2.78. The predicted molar refractivity (Wildman–Crippen MR) is 77.7 cm³/mol. The van der Waals surface area contributed by atoms with E-state index in [2.05, 4.69) is 35.7 Å². The molecule has 3 nitrogen and oxygen atoms in total. The number of rotatable bonds is 2. The van der Waals surface area contributed by atoms with Crippen molar-refractivity contribution in [1.82, 2.24) is 9.88 Å². The molecule has 2 heterocycles. The second-order valence-corrected chi connectivity index (χ2v) is 5.67. The minimum atomic E-state index is 0.353. The Morgan fingerprint density at radius 2 is 1.89 bits per heavy atom. The highest BCUT2D eigenvalue weighted by atomic mass is 35.5. The Hall–Kier alpha value is -0.510. The zero-order valence-corrected chi connectivity index (χ0v) is 12.5. The number of anilines is 1. The number of aromatic nitrogens is 1. The zero-order valence-electron chi connectivity index (χ0n) is 11.0. The van der Waals surface area contributed by atoms with Gasteiger partial charge < -0.3 is 4.90 Å². The van der Waals surface area contributed by atoms with Gasteiger partial charge in [-0.05, 0) is 33.0 Å². The molecule has 2 rings (SSSR count). The number of nitrogens with zero attached hydrogens (tertiary/aromatic N) is 3. The third-order valence-electron chi connectivity index (χ3n) is 3.71. The Balaban J connectivity index is 2.21. The summed E-state index contributed by atoms with van der Waals surface area (Å²) < 4.78 is 0. The third-order valence-corrected chi connectivity index (χ3v) is 4.31. The van der Waals surface area contributed by atoms with Gasteiger partial charge in [0.05, 0.1) is 16.6 Å². The quantitative estimate of drug-likeness (QED) is 0.780. The Kier molecular flexibility index (Phi) is 4.36. The van der Waals surface area contributed by atoms with E-state index in [1.54, 1.807) is 0 Å². The Labute approximate surface area is 119 Å². The first kappa shape index (κ1) is 13.9. The van der Waals surface area contributed by atoms with Crippen LogP contribution in [0.1, 0.15) is 19.5 Å². The zero-order chi connectivity index (χ0) is 13.3. The van der Waals surface area contributed by atoms with E-state index in [9.17, 15) is 0 Å². The highest BCUT2D eigenvalue weighted by molar-refractivity contribution is 6.32. The molecule has 1 aromatic heterocycles. The van der Waals surface area contributed by atoms with Crippen molar-refractivity contribution in [3.05, 3.63) is 22.8 Å². The lowest BCUT2D eigenvalue weighted by Gasteiger charge is -2.43. The maximum Gasteiger partial charge on any atom is 0.129 e. The number of hydrogen-bond acceptors (Lipinski definition) is 3. The van der Waals surface area contributed by atoms with Crippen LogP contribution in [0.4, 0.5) is 5.82 Å². The van der Waals surface area contributed by atoms with E-state index in [0.717, 1.165) is 24.6 Å². The molecule has 0 aliphatic carbocycles. The average Bonchev–Trinajstić information content (AvgIpc) is 2.36. The second-order valence-electron chi connectivity index (χ2n) is 5.00. The summed E-state index contributed by atoms with van der Waals surface area (Å²) in [6, 6.07) is 4.90. The molecule has 0 spiro atoms. The highest BCUT2D eigenvalue weighted by Gasteiger charge is 2.27. The van der Waals surface area contributed by atoms with Crippen molar-refractivity contribution in [1.29, 1.82) is 0 Å². The summed E-state index contributed by atoms with van der Waals surface area (Å²) in [7, 11) is 2.17. The lowest BCUT2D eigenvalue weighted by molar-refractivity contribution is 0.169. The van der Waals surface area contributed by atoms with Crippen LogP contribution in [0.2, 0.25) is 5.02 Å². The van der Waals surface area contributed by atoms with Crippen LogP contribution in [0, 0.1) is 0 Å². The molecule has 0 saturated carbocycles. The van der Waals surface area contributed by atoms with Crippen LogP contribution in [0.15, 0.2) is 12.1 Å².